The van der Waals surface area contributed by atoms with Gasteiger partial charge in [0.2, 0.25) is 0 Å². The van der Waals surface area contributed by atoms with E-state index in [9.17, 15) is 9.90 Å². The molecule has 0 amide bonds. The molecule has 98 valence electrons. The molecule has 19 heavy (non-hydrogen) atoms. The zero-order valence-corrected chi connectivity index (χ0v) is 11.7. The van der Waals surface area contributed by atoms with E-state index < -0.39 is 11.2 Å². The maximum Gasteiger partial charge on any atom is 0.317 e. The summed E-state index contributed by atoms with van der Waals surface area (Å²) in [6, 6.07) is 16.9. The molecular weight excluding hydrogens is 280 g/mol. The van der Waals surface area contributed by atoms with Crippen molar-refractivity contribution in [2.45, 2.75) is 16.6 Å². The summed E-state index contributed by atoms with van der Waals surface area (Å²) >= 11 is 7.27. The molecule has 0 unspecified atom stereocenters. The molecule has 0 spiro atoms. The Hall–Kier alpha value is -1.45. The summed E-state index contributed by atoms with van der Waals surface area (Å²) in [7, 11) is 0. The molecule has 0 aliphatic carbocycles. The number of hydrogen-bond donors (Lipinski definition) is 1. The van der Waals surface area contributed by atoms with Crippen molar-refractivity contribution in [2.75, 3.05) is 0 Å². The van der Waals surface area contributed by atoms with Crippen molar-refractivity contribution in [1.29, 1.82) is 0 Å². The van der Waals surface area contributed by atoms with Crippen LogP contribution in [0.1, 0.15) is 5.56 Å². The van der Waals surface area contributed by atoms with Gasteiger partial charge in [-0.15, -0.1) is 11.8 Å². The fourth-order valence-electron chi connectivity index (χ4n) is 1.72. The van der Waals surface area contributed by atoms with Crippen molar-refractivity contribution >= 4 is 29.3 Å². The van der Waals surface area contributed by atoms with Crippen molar-refractivity contribution < 1.29 is 9.90 Å². The first kappa shape index (κ1) is 14.0. The van der Waals surface area contributed by atoms with Crippen LogP contribution in [0.3, 0.4) is 0 Å². The molecule has 0 saturated heterocycles. The number of halogens is 1. The molecule has 0 saturated carbocycles. The molecule has 2 aromatic carbocycles. The highest BCUT2D eigenvalue weighted by molar-refractivity contribution is 8.00. The quantitative estimate of drug-likeness (QED) is 0.842. The molecular formula is C15H13ClO2S. The Balaban J connectivity index is 2.11. The van der Waals surface area contributed by atoms with E-state index in [1.165, 1.54) is 11.8 Å². The van der Waals surface area contributed by atoms with Crippen molar-refractivity contribution in [2.24, 2.45) is 0 Å². The third-order valence-electron chi connectivity index (χ3n) is 2.61. The van der Waals surface area contributed by atoms with Crippen LogP contribution < -0.4 is 0 Å². The molecule has 0 aromatic heterocycles. The molecule has 0 aliphatic heterocycles. The molecule has 0 heterocycles. The molecule has 2 nitrogen and oxygen atoms in total. The predicted octanol–water partition coefficient (Wildman–Crippen LogP) is 4.13. The van der Waals surface area contributed by atoms with E-state index in [1.54, 1.807) is 6.07 Å². The number of hydrogen-bond acceptors (Lipinski definition) is 2. The van der Waals surface area contributed by atoms with Gasteiger partial charge in [-0.3, -0.25) is 4.79 Å². The van der Waals surface area contributed by atoms with Crippen LogP contribution in [0.4, 0.5) is 0 Å². The van der Waals surface area contributed by atoms with E-state index in [4.69, 9.17) is 11.6 Å². The Kier molecular flexibility index (Phi) is 4.88. The third-order valence-corrected chi connectivity index (χ3v) is 4.04. The van der Waals surface area contributed by atoms with Crippen LogP contribution >= 0.6 is 23.4 Å². The fraction of sp³-hybridized carbons (Fsp3) is 0.133. The standard InChI is InChI=1S/C15H13ClO2S/c16-12-6-4-5-11(9-12)10-14(15(17)18)19-13-7-2-1-3-8-13/h1-9,14H,10H2,(H,17,18)/t14-/m0/s1. The van der Waals surface area contributed by atoms with Gasteiger partial charge in [0.05, 0.1) is 0 Å². The lowest BCUT2D eigenvalue weighted by Gasteiger charge is -2.12. The maximum atomic E-state index is 11.3. The van der Waals surface area contributed by atoms with Crippen molar-refractivity contribution in [1.82, 2.24) is 0 Å². The fourth-order valence-corrected chi connectivity index (χ4v) is 2.95. The van der Waals surface area contributed by atoms with Crippen LogP contribution in [0.5, 0.6) is 0 Å². The number of benzene rings is 2. The number of carboxylic acid groups (broad SMARTS) is 1. The summed E-state index contributed by atoms with van der Waals surface area (Å²) in [5, 5.41) is 9.43. The van der Waals surface area contributed by atoms with E-state index in [2.05, 4.69) is 0 Å². The largest absolute Gasteiger partial charge is 0.480 e. The SMILES string of the molecule is O=C(O)[C@H](Cc1cccc(Cl)c1)Sc1ccccc1. The van der Waals surface area contributed by atoms with Gasteiger partial charge in [0.1, 0.15) is 5.25 Å². The average molecular weight is 293 g/mol. The monoisotopic (exact) mass is 292 g/mol. The Labute approximate surface area is 121 Å². The minimum absolute atomic E-state index is 0.454. The number of carbonyl (C=O) groups is 1. The van der Waals surface area contributed by atoms with Gasteiger partial charge < -0.3 is 5.11 Å². The van der Waals surface area contributed by atoms with Gasteiger partial charge in [0, 0.05) is 9.92 Å². The van der Waals surface area contributed by atoms with Crippen LogP contribution in [-0.2, 0) is 11.2 Å². The van der Waals surface area contributed by atoms with Gasteiger partial charge in [-0.2, -0.15) is 0 Å². The summed E-state index contributed by atoms with van der Waals surface area (Å²) in [5.41, 5.74) is 0.934. The first-order chi connectivity index (χ1) is 9.15. The van der Waals surface area contributed by atoms with E-state index in [0.717, 1.165) is 10.5 Å². The van der Waals surface area contributed by atoms with E-state index in [-0.39, 0.29) is 0 Å². The molecule has 2 aromatic rings. The van der Waals surface area contributed by atoms with Crippen molar-refractivity contribution in [3.63, 3.8) is 0 Å². The number of carboxylic acids is 1. The van der Waals surface area contributed by atoms with Crippen LogP contribution in [-0.4, -0.2) is 16.3 Å². The molecule has 0 bridgehead atoms. The second-order valence-electron chi connectivity index (χ2n) is 4.09. The van der Waals surface area contributed by atoms with E-state index in [0.29, 0.717) is 11.4 Å². The van der Waals surface area contributed by atoms with Gasteiger partial charge >= 0.3 is 5.97 Å². The maximum absolute atomic E-state index is 11.3. The summed E-state index contributed by atoms with van der Waals surface area (Å²) in [6.45, 7) is 0. The zero-order chi connectivity index (χ0) is 13.7. The molecule has 2 rings (SSSR count). The highest BCUT2D eigenvalue weighted by atomic mass is 35.5. The Morgan fingerprint density at radius 1 is 1.16 bits per heavy atom. The van der Waals surface area contributed by atoms with E-state index >= 15 is 0 Å². The molecule has 0 fully saturated rings. The smallest absolute Gasteiger partial charge is 0.317 e. The lowest BCUT2D eigenvalue weighted by Crippen LogP contribution is -2.19. The second-order valence-corrected chi connectivity index (χ2v) is 5.80. The first-order valence-electron chi connectivity index (χ1n) is 5.84. The average Bonchev–Trinajstić information content (AvgIpc) is 2.39. The molecule has 1 atom stereocenters. The predicted molar refractivity (Wildman–Crippen MR) is 78.9 cm³/mol. The lowest BCUT2D eigenvalue weighted by molar-refractivity contribution is -0.136. The number of thioether (sulfide) groups is 1. The van der Waals surface area contributed by atoms with Crippen LogP contribution in [0.15, 0.2) is 59.5 Å². The Bertz CT molecular complexity index is 557. The number of rotatable bonds is 5. The normalized spacial score (nSPS) is 12.1. The first-order valence-corrected chi connectivity index (χ1v) is 7.10. The van der Waals surface area contributed by atoms with Gasteiger partial charge in [-0.25, -0.2) is 0 Å². The molecule has 1 N–H and O–H groups in total. The summed E-state index contributed by atoms with van der Waals surface area (Å²) in [5.74, 6) is -0.811. The molecule has 4 heteroatoms. The zero-order valence-electron chi connectivity index (χ0n) is 10.1. The molecule has 0 radical (unpaired) electrons. The minimum Gasteiger partial charge on any atom is -0.480 e. The summed E-state index contributed by atoms with van der Waals surface area (Å²) in [6.07, 6.45) is 0.454. The lowest BCUT2D eigenvalue weighted by atomic mass is 10.1. The van der Waals surface area contributed by atoms with Gasteiger partial charge in [-0.1, -0.05) is 41.9 Å². The Morgan fingerprint density at radius 2 is 1.89 bits per heavy atom. The van der Waals surface area contributed by atoms with Crippen LogP contribution in [0, 0.1) is 0 Å². The summed E-state index contributed by atoms with van der Waals surface area (Å²) in [4.78, 5) is 12.3. The van der Waals surface area contributed by atoms with Gasteiger partial charge in [0.25, 0.3) is 0 Å². The van der Waals surface area contributed by atoms with Gasteiger partial charge in [0.15, 0.2) is 0 Å². The topological polar surface area (TPSA) is 37.3 Å². The third kappa shape index (κ3) is 4.30. The van der Waals surface area contributed by atoms with Crippen molar-refractivity contribution in [3.8, 4) is 0 Å². The highest BCUT2D eigenvalue weighted by Gasteiger charge is 2.19. The second kappa shape index (κ2) is 6.64. The highest BCUT2D eigenvalue weighted by Crippen LogP contribution is 2.26. The van der Waals surface area contributed by atoms with Crippen LogP contribution in [0.2, 0.25) is 5.02 Å². The Morgan fingerprint density at radius 3 is 2.53 bits per heavy atom. The van der Waals surface area contributed by atoms with Crippen molar-refractivity contribution in [3.05, 3.63) is 65.2 Å². The van der Waals surface area contributed by atoms with E-state index in [1.807, 2.05) is 48.5 Å². The summed E-state index contributed by atoms with van der Waals surface area (Å²) < 4.78 is 0. The molecule has 0 aliphatic rings. The van der Waals surface area contributed by atoms with Gasteiger partial charge in [-0.05, 0) is 36.2 Å². The van der Waals surface area contributed by atoms with Crippen LogP contribution in [0.25, 0.3) is 0 Å². The minimum atomic E-state index is -0.811. The number of aliphatic carboxylic acids is 1.